The summed E-state index contributed by atoms with van der Waals surface area (Å²) in [5.41, 5.74) is 0.239. The number of hydrogen-bond acceptors (Lipinski definition) is 8. The van der Waals surface area contributed by atoms with Crippen LogP contribution in [0, 0.1) is 5.82 Å². The summed E-state index contributed by atoms with van der Waals surface area (Å²) in [4.78, 5) is 17.8. The predicted molar refractivity (Wildman–Crippen MR) is 135 cm³/mol. The third kappa shape index (κ3) is 7.99. The fourth-order valence-corrected chi connectivity index (χ4v) is 3.93. The van der Waals surface area contributed by atoms with E-state index in [1.54, 1.807) is 12.1 Å². The highest BCUT2D eigenvalue weighted by molar-refractivity contribution is 5.57. The summed E-state index contributed by atoms with van der Waals surface area (Å²) in [6, 6.07) is 10.8. The molecular weight excluding hydrogens is 488 g/mol. The molecule has 1 aliphatic heterocycles. The summed E-state index contributed by atoms with van der Waals surface area (Å²) in [6.45, 7) is 8.97. The van der Waals surface area contributed by atoms with Crippen LogP contribution >= 0.6 is 0 Å². The first kappa shape index (κ1) is 26.6. The third-order valence-corrected chi connectivity index (χ3v) is 6.07. The van der Waals surface area contributed by atoms with E-state index in [0.717, 1.165) is 57.0 Å². The molecule has 0 spiro atoms. The second-order valence-electron chi connectivity index (χ2n) is 8.69. The Bertz CT molecular complexity index is 1150. The van der Waals surface area contributed by atoms with E-state index in [9.17, 15) is 17.6 Å². The zero-order valence-electron chi connectivity index (χ0n) is 20.5. The SMILES string of the molecule is CCN1CCN(CCNc2nc(NCc3ccc(F)cc3)nc(Nc3cccc(C(F)(F)F)c3)n2)CC1. The van der Waals surface area contributed by atoms with Gasteiger partial charge in [0.05, 0.1) is 5.56 Å². The molecule has 8 nitrogen and oxygen atoms in total. The molecule has 37 heavy (non-hydrogen) atoms. The fourth-order valence-electron chi connectivity index (χ4n) is 3.93. The molecule has 3 aromatic rings. The lowest BCUT2D eigenvalue weighted by atomic mass is 10.2. The van der Waals surface area contributed by atoms with Crippen molar-refractivity contribution in [2.45, 2.75) is 19.6 Å². The monoisotopic (exact) mass is 518 g/mol. The second kappa shape index (κ2) is 12.2. The summed E-state index contributed by atoms with van der Waals surface area (Å²) < 4.78 is 52.6. The van der Waals surface area contributed by atoms with Gasteiger partial charge < -0.3 is 20.9 Å². The average Bonchev–Trinajstić information content (AvgIpc) is 2.88. The van der Waals surface area contributed by atoms with Crippen molar-refractivity contribution in [2.75, 3.05) is 61.8 Å². The van der Waals surface area contributed by atoms with Gasteiger partial charge in [-0.05, 0) is 42.4 Å². The molecule has 0 atom stereocenters. The van der Waals surface area contributed by atoms with Crippen molar-refractivity contribution < 1.29 is 17.6 Å². The Kier molecular flexibility index (Phi) is 8.72. The first-order valence-electron chi connectivity index (χ1n) is 12.2. The van der Waals surface area contributed by atoms with E-state index in [1.165, 1.54) is 24.3 Å². The van der Waals surface area contributed by atoms with E-state index >= 15 is 0 Å². The minimum absolute atomic E-state index is 0.0926. The summed E-state index contributed by atoms with van der Waals surface area (Å²) in [6.07, 6.45) is -4.46. The zero-order valence-corrected chi connectivity index (χ0v) is 20.5. The maximum atomic E-state index is 13.2. The summed E-state index contributed by atoms with van der Waals surface area (Å²) in [5.74, 6) is 0.278. The van der Waals surface area contributed by atoms with Gasteiger partial charge in [-0.1, -0.05) is 25.1 Å². The number of likely N-dealkylation sites (N-methyl/N-ethyl adjacent to an activating group) is 1. The van der Waals surface area contributed by atoms with Gasteiger partial charge in [0.15, 0.2) is 0 Å². The van der Waals surface area contributed by atoms with Crippen molar-refractivity contribution >= 4 is 23.5 Å². The van der Waals surface area contributed by atoms with Gasteiger partial charge in [-0.25, -0.2) is 4.39 Å². The Morgan fingerprint density at radius 2 is 1.49 bits per heavy atom. The molecule has 0 bridgehead atoms. The number of halogens is 4. The normalized spacial score (nSPS) is 14.9. The number of benzene rings is 2. The molecule has 0 saturated carbocycles. The molecule has 1 aromatic heterocycles. The lowest BCUT2D eigenvalue weighted by Crippen LogP contribution is -2.47. The number of piperazine rings is 1. The van der Waals surface area contributed by atoms with Gasteiger partial charge in [-0.2, -0.15) is 28.1 Å². The van der Waals surface area contributed by atoms with Crippen molar-refractivity contribution in [1.82, 2.24) is 24.8 Å². The molecule has 0 unspecified atom stereocenters. The molecule has 0 amide bonds. The van der Waals surface area contributed by atoms with Gasteiger partial charge in [-0.3, -0.25) is 4.90 Å². The highest BCUT2D eigenvalue weighted by Gasteiger charge is 2.30. The molecule has 12 heteroatoms. The Hall–Kier alpha value is -3.51. The highest BCUT2D eigenvalue weighted by Crippen LogP contribution is 2.31. The first-order chi connectivity index (χ1) is 17.8. The van der Waals surface area contributed by atoms with Crippen molar-refractivity contribution in [3.63, 3.8) is 0 Å². The zero-order chi connectivity index (χ0) is 26.3. The van der Waals surface area contributed by atoms with Crippen LogP contribution in [0.3, 0.4) is 0 Å². The molecule has 4 rings (SSSR count). The maximum absolute atomic E-state index is 13.2. The Morgan fingerprint density at radius 1 is 0.838 bits per heavy atom. The van der Waals surface area contributed by atoms with Gasteiger partial charge >= 0.3 is 6.18 Å². The number of nitrogens with zero attached hydrogens (tertiary/aromatic N) is 5. The molecule has 2 heterocycles. The number of nitrogens with one attached hydrogen (secondary N) is 3. The lowest BCUT2D eigenvalue weighted by molar-refractivity contribution is -0.137. The predicted octanol–water partition coefficient (Wildman–Crippen LogP) is 4.43. The number of aromatic nitrogens is 3. The van der Waals surface area contributed by atoms with Gasteiger partial charge in [-0.15, -0.1) is 0 Å². The van der Waals surface area contributed by atoms with Crippen LogP contribution < -0.4 is 16.0 Å². The van der Waals surface area contributed by atoms with E-state index in [-0.39, 0.29) is 23.4 Å². The minimum Gasteiger partial charge on any atom is -0.353 e. The minimum atomic E-state index is -4.46. The second-order valence-corrected chi connectivity index (χ2v) is 8.69. The highest BCUT2D eigenvalue weighted by atomic mass is 19.4. The quantitative estimate of drug-likeness (QED) is 0.340. The number of hydrogen-bond donors (Lipinski definition) is 3. The van der Waals surface area contributed by atoms with Crippen molar-refractivity contribution in [3.05, 3.63) is 65.5 Å². The smallest absolute Gasteiger partial charge is 0.353 e. The first-order valence-corrected chi connectivity index (χ1v) is 12.2. The number of alkyl halides is 3. The Labute approximate surface area is 213 Å². The van der Waals surface area contributed by atoms with Crippen LogP contribution in [-0.2, 0) is 12.7 Å². The fraction of sp³-hybridized carbons (Fsp3) is 0.400. The van der Waals surface area contributed by atoms with E-state index in [1.807, 2.05) is 0 Å². The molecule has 198 valence electrons. The largest absolute Gasteiger partial charge is 0.416 e. The molecular formula is C25H30F4N8. The summed E-state index contributed by atoms with van der Waals surface area (Å²) in [7, 11) is 0. The maximum Gasteiger partial charge on any atom is 0.416 e. The van der Waals surface area contributed by atoms with Crippen molar-refractivity contribution in [3.8, 4) is 0 Å². The molecule has 3 N–H and O–H groups in total. The standard InChI is InChI=1S/C25H30F4N8/c1-2-36-12-14-37(15-13-36)11-10-30-22-33-23(31-17-18-6-8-20(26)9-7-18)35-24(34-22)32-21-5-3-4-19(16-21)25(27,28)29/h3-9,16H,2,10-15,17H2,1H3,(H3,30,31,32,33,34,35). The van der Waals surface area contributed by atoms with Gasteiger partial charge in [0, 0.05) is 51.5 Å². The molecule has 1 saturated heterocycles. The van der Waals surface area contributed by atoms with Gasteiger partial charge in [0.2, 0.25) is 17.8 Å². The molecule has 1 aliphatic rings. The van der Waals surface area contributed by atoms with Gasteiger partial charge in [0.25, 0.3) is 0 Å². The van der Waals surface area contributed by atoms with E-state index in [2.05, 4.69) is 47.6 Å². The van der Waals surface area contributed by atoms with E-state index in [0.29, 0.717) is 19.0 Å². The summed E-state index contributed by atoms with van der Waals surface area (Å²) >= 11 is 0. The van der Waals surface area contributed by atoms with E-state index in [4.69, 9.17) is 0 Å². The Balaban J connectivity index is 1.45. The molecule has 2 aromatic carbocycles. The summed E-state index contributed by atoms with van der Waals surface area (Å²) in [5, 5.41) is 9.12. The van der Waals surface area contributed by atoms with Crippen LogP contribution in [0.15, 0.2) is 48.5 Å². The molecule has 1 fully saturated rings. The van der Waals surface area contributed by atoms with E-state index < -0.39 is 11.7 Å². The van der Waals surface area contributed by atoms with Crippen LogP contribution in [0.2, 0.25) is 0 Å². The van der Waals surface area contributed by atoms with Crippen LogP contribution in [0.5, 0.6) is 0 Å². The molecule has 0 aliphatic carbocycles. The van der Waals surface area contributed by atoms with Crippen LogP contribution in [0.1, 0.15) is 18.1 Å². The van der Waals surface area contributed by atoms with Crippen molar-refractivity contribution in [2.24, 2.45) is 0 Å². The third-order valence-electron chi connectivity index (χ3n) is 6.07. The lowest BCUT2D eigenvalue weighted by Gasteiger charge is -2.33. The average molecular weight is 519 g/mol. The van der Waals surface area contributed by atoms with Gasteiger partial charge in [0.1, 0.15) is 5.82 Å². The molecule has 0 radical (unpaired) electrons. The van der Waals surface area contributed by atoms with Crippen LogP contribution in [-0.4, -0.2) is 70.6 Å². The number of rotatable bonds is 10. The number of anilines is 4. The van der Waals surface area contributed by atoms with Crippen LogP contribution in [0.25, 0.3) is 0 Å². The van der Waals surface area contributed by atoms with Crippen LogP contribution in [0.4, 0.5) is 41.1 Å². The van der Waals surface area contributed by atoms with Crippen molar-refractivity contribution in [1.29, 1.82) is 0 Å². The Morgan fingerprint density at radius 3 is 2.16 bits per heavy atom. The topological polar surface area (TPSA) is 81.2 Å².